The van der Waals surface area contributed by atoms with E-state index in [0.29, 0.717) is 12.6 Å². The number of nitrogens with one attached hydrogen (secondary N) is 1. The van der Waals surface area contributed by atoms with Gasteiger partial charge in [0, 0.05) is 43.6 Å². The van der Waals surface area contributed by atoms with Gasteiger partial charge in [0.15, 0.2) is 0 Å². The quantitative estimate of drug-likeness (QED) is 0.875. The molecule has 1 amide bonds. The van der Waals surface area contributed by atoms with Crippen molar-refractivity contribution in [3.05, 3.63) is 21.9 Å². The molecule has 1 aromatic rings. The molecular formula is C14H21N3OS. The minimum Gasteiger partial charge on any atom is -0.337 e. The highest BCUT2D eigenvalue weighted by molar-refractivity contribution is 7.10. The van der Waals surface area contributed by atoms with Crippen LogP contribution in [-0.2, 0) is 17.8 Å². The van der Waals surface area contributed by atoms with E-state index in [0.717, 1.165) is 39.1 Å². The number of hydrogen-bond donors (Lipinski definition) is 1. The van der Waals surface area contributed by atoms with Gasteiger partial charge in [-0.25, -0.2) is 0 Å². The van der Waals surface area contributed by atoms with Gasteiger partial charge in [0.1, 0.15) is 0 Å². The first-order valence-corrected chi connectivity index (χ1v) is 7.89. The summed E-state index contributed by atoms with van der Waals surface area (Å²) < 4.78 is 0. The third-order valence-corrected chi connectivity index (χ3v) is 5.00. The number of carbonyl (C=O) groups excluding carboxylic acids is 1. The molecule has 1 fully saturated rings. The van der Waals surface area contributed by atoms with E-state index in [1.807, 2.05) is 16.2 Å². The van der Waals surface area contributed by atoms with Gasteiger partial charge in [0.05, 0.1) is 6.54 Å². The summed E-state index contributed by atoms with van der Waals surface area (Å²) in [6.07, 6.45) is 1.02. The van der Waals surface area contributed by atoms with Gasteiger partial charge in [-0.15, -0.1) is 11.3 Å². The molecule has 1 N–H and O–H groups in total. The number of thiophene rings is 1. The maximum absolute atomic E-state index is 12.4. The van der Waals surface area contributed by atoms with E-state index >= 15 is 0 Å². The van der Waals surface area contributed by atoms with Crippen molar-refractivity contribution in [3.63, 3.8) is 0 Å². The van der Waals surface area contributed by atoms with Gasteiger partial charge >= 0.3 is 0 Å². The van der Waals surface area contributed by atoms with Crippen molar-refractivity contribution in [1.29, 1.82) is 0 Å². The SMILES string of the molecule is CC1CN(CC(=O)N2CCc3sccc3C2)CCN1. The fraction of sp³-hybridized carbons (Fsp3) is 0.643. The Labute approximate surface area is 118 Å². The Morgan fingerprint density at radius 1 is 1.53 bits per heavy atom. The predicted molar refractivity (Wildman–Crippen MR) is 77.3 cm³/mol. The van der Waals surface area contributed by atoms with Crippen molar-refractivity contribution in [3.8, 4) is 0 Å². The highest BCUT2D eigenvalue weighted by atomic mass is 32.1. The summed E-state index contributed by atoms with van der Waals surface area (Å²) in [6.45, 7) is 7.38. The van der Waals surface area contributed by atoms with Crippen LogP contribution in [0, 0.1) is 0 Å². The molecule has 104 valence electrons. The molecule has 2 aliphatic heterocycles. The smallest absolute Gasteiger partial charge is 0.237 e. The molecular weight excluding hydrogens is 258 g/mol. The fourth-order valence-corrected chi connectivity index (χ4v) is 3.80. The lowest BCUT2D eigenvalue weighted by molar-refractivity contribution is -0.133. The highest BCUT2D eigenvalue weighted by Crippen LogP contribution is 2.24. The van der Waals surface area contributed by atoms with Crippen molar-refractivity contribution in [1.82, 2.24) is 15.1 Å². The monoisotopic (exact) mass is 279 g/mol. The van der Waals surface area contributed by atoms with Crippen LogP contribution in [-0.4, -0.2) is 54.5 Å². The van der Waals surface area contributed by atoms with Crippen LogP contribution in [0.2, 0.25) is 0 Å². The predicted octanol–water partition coefficient (Wildman–Crippen LogP) is 0.926. The van der Waals surface area contributed by atoms with E-state index in [4.69, 9.17) is 0 Å². The number of hydrogen-bond acceptors (Lipinski definition) is 4. The molecule has 0 aliphatic carbocycles. The first-order valence-electron chi connectivity index (χ1n) is 7.01. The van der Waals surface area contributed by atoms with E-state index in [1.54, 1.807) is 0 Å². The van der Waals surface area contributed by atoms with Crippen molar-refractivity contribution in [2.75, 3.05) is 32.7 Å². The van der Waals surface area contributed by atoms with Crippen LogP contribution in [0.5, 0.6) is 0 Å². The lowest BCUT2D eigenvalue weighted by Gasteiger charge is -2.34. The number of rotatable bonds is 2. The lowest BCUT2D eigenvalue weighted by Crippen LogP contribution is -2.52. The second-order valence-electron chi connectivity index (χ2n) is 5.52. The standard InChI is InChI=1S/C14H21N3OS/c1-11-8-16(6-4-15-11)10-14(18)17-5-2-13-12(9-17)3-7-19-13/h3,7,11,15H,2,4-6,8-10H2,1H3. The summed E-state index contributed by atoms with van der Waals surface area (Å²) in [7, 11) is 0. The molecule has 0 radical (unpaired) electrons. The molecule has 3 rings (SSSR count). The molecule has 0 spiro atoms. The average Bonchev–Trinajstić information content (AvgIpc) is 2.85. The summed E-state index contributed by atoms with van der Waals surface area (Å²) in [5.74, 6) is 0.283. The number of amides is 1. The summed E-state index contributed by atoms with van der Waals surface area (Å²) in [6, 6.07) is 2.65. The molecule has 4 nitrogen and oxygen atoms in total. The average molecular weight is 279 g/mol. The van der Waals surface area contributed by atoms with Crippen LogP contribution in [0.25, 0.3) is 0 Å². The summed E-state index contributed by atoms with van der Waals surface area (Å²) >= 11 is 1.82. The van der Waals surface area contributed by atoms with E-state index in [1.165, 1.54) is 10.4 Å². The molecule has 0 saturated carbocycles. The third-order valence-electron chi connectivity index (χ3n) is 3.97. The minimum atomic E-state index is 0.283. The van der Waals surface area contributed by atoms with Gasteiger partial charge < -0.3 is 10.2 Å². The summed E-state index contributed by atoms with van der Waals surface area (Å²) in [4.78, 5) is 18.1. The second kappa shape index (κ2) is 5.61. The van der Waals surface area contributed by atoms with Crippen LogP contribution < -0.4 is 5.32 Å². The highest BCUT2D eigenvalue weighted by Gasteiger charge is 2.24. The van der Waals surface area contributed by atoms with E-state index in [9.17, 15) is 4.79 Å². The summed E-state index contributed by atoms with van der Waals surface area (Å²) in [5.41, 5.74) is 1.35. The van der Waals surface area contributed by atoms with Gasteiger partial charge in [-0.2, -0.15) is 0 Å². The number of piperazine rings is 1. The van der Waals surface area contributed by atoms with Gasteiger partial charge in [0.2, 0.25) is 5.91 Å². The zero-order chi connectivity index (χ0) is 13.2. The Hall–Kier alpha value is -0.910. The van der Waals surface area contributed by atoms with Crippen molar-refractivity contribution < 1.29 is 4.79 Å². The van der Waals surface area contributed by atoms with E-state index in [-0.39, 0.29) is 5.91 Å². The molecule has 0 bridgehead atoms. The Kier molecular flexibility index (Phi) is 3.86. The number of carbonyl (C=O) groups is 1. The topological polar surface area (TPSA) is 35.6 Å². The zero-order valence-electron chi connectivity index (χ0n) is 11.4. The maximum Gasteiger partial charge on any atom is 0.237 e. The Bertz CT molecular complexity index is 459. The Morgan fingerprint density at radius 2 is 2.42 bits per heavy atom. The van der Waals surface area contributed by atoms with Gasteiger partial charge in [-0.05, 0) is 30.4 Å². The Morgan fingerprint density at radius 3 is 3.26 bits per heavy atom. The van der Waals surface area contributed by atoms with Gasteiger partial charge in [-0.3, -0.25) is 9.69 Å². The first-order chi connectivity index (χ1) is 9.22. The molecule has 1 aromatic heterocycles. The van der Waals surface area contributed by atoms with E-state index in [2.05, 4.69) is 28.6 Å². The maximum atomic E-state index is 12.4. The van der Waals surface area contributed by atoms with Crippen LogP contribution in [0.4, 0.5) is 0 Å². The molecule has 2 aliphatic rings. The largest absolute Gasteiger partial charge is 0.337 e. The normalized spacial score (nSPS) is 24.3. The first kappa shape index (κ1) is 13.1. The Balaban J connectivity index is 1.56. The molecule has 1 atom stereocenters. The second-order valence-corrected chi connectivity index (χ2v) is 6.53. The van der Waals surface area contributed by atoms with Gasteiger partial charge in [-0.1, -0.05) is 0 Å². The zero-order valence-corrected chi connectivity index (χ0v) is 12.2. The fourth-order valence-electron chi connectivity index (χ4n) is 2.91. The molecule has 0 aromatic carbocycles. The van der Waals surface area contributed by atoms with Crippen LogP contribution in [0.3, 0.4) is 0 Å². The van der Waals surface area contributed by atoms with Gasteiger partial charge in [0.25, 0.3) is 0 Å². The molecule has 1 saturated heterocycles. The number of fused-ring (bicyclic) bond motifs is 1. The number of nitrogens with zero attached hydrogens (tertiary/aromatic N) is 2. The van der Waals surface area contributed by atoms with Crippen LogP contribution >= 0.6 is 11.3 Å². The van der Waals surface area contributed by atoms with Crippen LogP contribution in [0.15, 0.2) is 11.4 Å². The van der Waals surface area contributed by atoms with Crippen LogP contribution in [0.1, 0.15) is 17.4 Å². The molecule has 3 heterocycles. The minimum absolute atomic E-state index is 0.283. The molecule has 19 heavy (non-hydrogen) atoms. The van der Waals surface area contributed by atoms with E-state index < -0.39 is 0 Å². The third kappa shape index (κ3) is 2.99. The molecule has 5 heteroatoms. The summed E-state index contributed by atoms with van der Waals surface area (Å²) in [5, 5.41) is 5.54. The molecule has 1 unspecified atom stereocenters. The van der Waals surface area contributed by atoms with Crippen molar-refractivity contribution >= 4 is 17.2 Å². The van der Waals surface area contributed by atoms with Crippen molar-refractivity contribution in [2.45, 2.75) is 25.9 Å². The lowest BCUT2D eigenvalue weighted by atomic mass is 10.1. The van der Waals surface area contributed by atoms with Crippen molar-refractivity contribution in [2.24, 2.45) is 0 Å².